The van der Waals surface area contributed by atoms with Gasteiger partial charge in [0.1, 0.15) is 0 Å². The fourth-order valence-electron chi connectivity index (χ4n) is 4.32. The van der Waals surface area contributed by atoms with E-state index in [9.17, 15) is 0 Å². The summed E-state index contributed by atoms with van der Waals surface area (Å²) in [6, 6.07) is 0. The van der Waals surface area contributed by atoms with Gasteiger partial charge in [0.2, 0.25) is 0 Å². The van der Waals surface area contributed by atoms with Gasteiger partial charge in [-0.05, 0) is 64.1 Å². The zero-order valence-corrected chi connectivity index (χ0v) is 15.3. The van der Waals surface area contributed by atoms with Gasteiger partial charge >= 0.3 is 0 Å². The maximum Gasteiger partial charge on any atom is 0.0806 e. The van der Waals surface area contributed by atoms with Crippen molar-refractivity contribution in [1.29, 1.82) is 0 Å². The molecule has 4 aliphatic rings. The highest BCUT2D eigenvalue weighted by Crippen LogP contribution is 2.48. The first-order valence-electron chi connectivity index (χ1n) is 9.75. The lowest BCUT2D eigenvalue weighted by atomic mass is 9.63. The minimum Gasteiger partial charge on any atom is -0.372 e. The Bertz CT molecular complexity index is 291. The Labute approximate surface area is 138 Å². The predicted molar refractivity (Wildman–Crippen MR) is 94.4 cm³/mol. The van der Waals surface area contributed by atoms with Crippen molar-refractivity contribution in [3.05, 3.63) is 0 Å². The molecule has 130 valence electrons. The zero-order chi connectivity index (χ0) is 15.9. The van der Waals surface area contributed by atoms with Crippen LogP contribution in [0.15, 0.2) is 0 Å². The number of hydrogen-bond acceptors (Lipinski definition) is 3. The third-order valence-electron chi connectivity index (χ3n) is 6.11. The smallest absolute Gasteiger partial charge is 0.0806 e. The maximum atomic E-state index is 5.76. The number of piperidine rings is 1. The molecule has 0 unspecified atom stereocenters. The second-order valence-corrected chi connectivity index (χ2v) is 7.57. The Kier molecular flexibility index (Phi) is 7.17. The van der Waals surface area contributed by atoms with Crippen LogP contribution in [0.3, 0.4) is 0 Å². The average Bonchev–Trinajstić information content (AvgIpc) is 2.98. The van der Waals surface area contributed by atoms with Crippen molar-refractivity contribution in [3.8, 4) is 0 Å². The van der Waals surface area contributed by atoms with Crippen molar-refractivity contribution in [2.45, 2.75) is 77.2 Å². The summed E-state index contributed by atoms with van der Waals surface area (Å²) in [6.45, 7) is 9.74. The lowest BCUT2D eigenvalue weighted by Crippen LogP contribution is -2.47. The van der Waals surface area contributed by atoms with Crippen LogP contribution < -0.4 is 5.32 Å². The first-order valence-corrected chi connectivity index (χ1v) is 9.75. The van der Waals surface area contributed by atoms with Gasteiger partial charge in [-0.25, -0.2) is 0 Å². The highest BCUT2D eigenvalue weighted by Gasteiger charge is 2.38. The minimum atomic E-state index is 0.262. The highest BCUT2D eigenvalue weighted by atomic mass is 16.5. The van der Waals surface area contributed by atoms with Gasteiger partial charge in [0.05, 0.1) is 12.2 Å². The molecule has 0 aromatic rings. The molecule has 22 heavy (non-hydrogen) atoms. The number of nitrogens with one attached hydrogen (secondary N) is 1. The van der Waals surface area contributed by atoms with Crippen molar-refractivity contribution in [2.24, 2.45) is 5.41 Å². The van der Waals surface area contributed by atoms with Crippen LogP contribution in [0, 0.1) is 5.41 Å². The molecule has 0 radical (unpaired) electrons. The van der Waals surface area contributed by atoms with Crippen molar-refractivity contribution < 1.29 is 4.74 Å². The molecule has 2 aliphatic carbocycles. The van der Waals surface area contributed by atoms with Gasteiger partial charge in [-0.2, -0.15) is 0 Å². The van der Waals surface area contributed by atoms with Gasteiger partial charge in [0.25, 0.3) is 0 Å². The molecule has 2 saturated heterocycles. The number of ether oxygens (including phenoxy) is 1. The van der Waals surface area contributed by atoms with E-state index in [0.717, 1.165) is 25.1 Å². The molecule has 4 fully saturated rings. The maximum absolute atomic E-state index is 5.76. The van der Waals surface area contributed by atoms with Gasteiger partial charge in [-0.1, -0.05) is 33.1 Å². The van der Waals surface area contributed by atoms with E-state index in [-0.39, 0.29) is 5.60 Å². The van der Waals surface area contributed by atoms with Gasteiger partial charge in [-0.3, -0.25) is 0 Å². The molecule has 4 rings (SSSR count). The van der Waals surface area contributed by atoms with Crippen LogP contribution in [0.2, 0.25) is 0 Å². The number of hydrogen-bond donors (Lipinski definition) is 1. The summed E-state index contributed by atoms with van der Waals surface area (Å²) in [5.41, 5.74) is 1.10. The quantitative estimate of drug-likeness (QED) is 0.736. The number of nitrogens with zero attached hydrogens (tertiary/aromatic N) is 1. The molecular formula is C19H38N2O. The molecule has 0 aromatic carbocycles. The van der Waals surface area contributed by atoms with E-state index in [1.807, 2.05) is 13.8 Å². The Hall–Kier alpha value is -0.120. The van der Waals surface area contributed by atoms with Crippen LogP contribution in [-0.4, -0.2) is 50.3 Å². The molecule has 0 atom stereocenters. The number of rotatable bonds is 0. The van der Waals surface area contributed by atoms with E-state index in [0.29, 0.717) is 0 Å². The van der Waals surface area contributed by atoms with E-state index in [1.165, 1.54) is 70.9 Å². The molecule has 2 spiro atoms. The Morgan fingerprint density at radius 2 is 1.50 bits per heavy atom. The van der Waals surface area contributed by atoms with Gasteiger partial charge < -0.3 is 15.0 Å². The van der Waals surface area contributed by atoms with Crippen LogP contribution in [0.25, 0.3) is 0 Å². The van der Waals surface area contributed by atoms with Gasteiger partial charge in [0.15, 0.2) is 0 Å². The third-order valence-corrected chi connectivity index (χ3v) is 6.11. The first-order chi connectivity index (χ1) is 10.7. The van der Waals surface area contributed by atoms with E-state index in [1.54, 1.807) is 0 Å². The molecule has 2 saturated carbocycles. The fraction of sp³-hybridized carbons (Fsp3) is 1.00. The molecule has 3 nitrogen and oxygen atoms in total. The molecule has 0 aromatic heterocycles. The second-order valence-electron chi connectivity index (χ2n) is 7.57. The van der Waals surface area contributed by atoms with E-state index >= 15 is 0 Å². The van der Waals surface area contributed by atoms with Crippen molar-refractivity contribution >= 4 is 0 Å². The molecule has 0 bridgehead atoms. The summed E-state index contributed by atoms with van der Waals surface area (Å²) in [5, 5.41) is 3.39. The molecule has 3 heteroatoms. The summed E-state index contributed by atoms with van der Waals surface area (Å²) in [6.07, 6.45) is 12.8. The van der Waals surface area contributed by atoms with Crippen LogP contribution in [0.5, 0.6) is 0 Å². The van der Waals surface area contributed by atoms with Crippen LogP contribution >= 0.6 is 0 Å². The summed E-state index contributed by atoms with van der Waals surface area (Å²) >= 11 is 0. The molecule has 1 N–H and O–H groups in total. The summed E-state index contributed by atoms with van der Waals surface area (Å²) in [5.74, 6) is 0. The second kappa shape index (κ2) is 8.65. The lowest BCUT2D eigenvalue weighted by molar-refractivity contribution is -0.0603. The van der Waals surface area contributed by atoms with Crippen molar-refractivity contribution in [3.63, 3.8) is 0 Å². The Balaban J connectivity index is 0.000000144. The largest absolute Gasteiger partial charge is 0.372 e. The fourth-order valence-corrected chi connectivity index (χ4v) is 4.32. The lowest BCUT2D eigenvalue weighted by Gasteiger charge is -2.47. The first kappa shape index (κ1) is 18.2. The minimum absolute atomic E-state index is 0.262. The standard InChI is InChI=1S/C9H17N.C8H15NO.C2H6/c1-10-7-5-9(6-8-10)3-2-4-9;1-2-4-8(3-1)7-9-5-6-10-8;1-2/h2-8H2,1H3;9H,1-7H2;1-2H3. The number of morpholine rings is 1. The van der Waals surface area contributed by atoms with Crippen LogP contribution in [0.1, 0.15) is 71.6 Å². The summed E-state index contributed by atoms with van der Waals surface area (Å²) < 4.78 is 5.76. The summed E-state index contributed by atoms with van der Waals surface area (Å²) in [4.78, 5) is 2.46. The van der Waals surface area contributed by atoms with Gasteiger partial charge in [-0.15, -0.1) is 0 Å². The monoisotopic (exact) mass is 310 g/mol. The Morgan fingerprint density at radius 3 is 1.95 bits per heavy atom. The molecular weight excluding hydrogens is 272 g/mol. The molecule has 0 amide bonds. The van der Waals surface area contributed by atoms with E-state index in [4.69, 9.17) is 4.74 Å². The predicted octanol–water partition coefficient (Wildman–Crippen LogP) is 3.83. The SMILES string of the molecule is C1CCC2(C1)CNCCO2.CC.CN1CCC2(CCC2)CC1. The highest BCUT2D eigenvalue weighted by molar-refractivity contribution is 4.91. The Morgan fingerprint density at radius 1 is 0.864 bits per heavy atom. The van der Waals surface area contributed by atoms with E-state index < -0.39 is 0 Å². The third kappa shape index (κ3) is 4.69. The van der Waals surface area contributed by atoms with E-state index in [2.05, 4.69) is 17.3 Å². The zero-order valence-electron chi connectivity index (χ0n) is 15.3. The van der Waals surface area contributed by atoms with Crippen molar-refractivity contribution in [1.82, 2.24) is 10.2 Å². The number of likely N-dealkylation sites (tertiary alicyclic amines) is 1. The molecule has 2 heterocycles. The summed E-state index contributed by atoms with van der Waals surface area (Å²) in [7, 11) is 2.24. The normalized spacial score (nSPS) is 29.0. The average molecular weight is 311 g/mol. The van der Waals surface area contributed by atoms with Crippen LogP contribution in [-0.2, 0) is 4.74 Å². The van der Waals surface area contributed by atoms with Crippen molar-refractivity contribution in [2.75, 3.05) is 39.8 Å². The molecule has 2 aliphatic heterocycles. The topological polar surface area (TPSA) is 24.5 Å². The van der Waals surface area contributed by atoms with Gasteiger partial charge in [0, 0.05) is 13.1 Å². The van der Waals surface area contributed by atoms with Crippen LogP contribution in [0.4, 0.5) is 0 Å².